The van der Waals surface area contributed by atoms with Crippen LogP contribution < -0.4 is 15.4 Å². The van der Waals surface area contributed by atoms with Gasteiger partial charge < -0.3 is 15.4 Å². The van der Waals surface area contributed by atoms with Crippen LogP contribution in [0.4, 0.5) is 10.5 Å². The van der Waals surface area contributed by atoms with E-state index in [2.05, 4.69) is 10.6 Å². The number of rotatable bonds is 6. The van der Waals surface area contributed by atoms with E-state index in [0.29, 0.717) is 5.69 Å². The van der Waals surface area contributed by atoms with Gasteiger partial charge in [-0.1, -0.05) is 24.3 Å². The predicted molar refractivity (Wildman–Crippen MR) is 95.7 cm³/mol. The van der Waals surface area contributed by atoms with Crippen LogP contribution in [0.1, 0.15) is 11.1 Å². The second-order valence-corrected chi connectivity index (χ2v) is 5.91. The van der Waals surface area contributed by atoms with Crippen LogP contribution in [-0.4, -0.2) is 36.4 Å². The fourth-order valence-electron chi connectivity index (χ4n) is 2.63. The topological polar surface area (TPSA) is 87.7 Å². The highest BCUT2D eigenvalue weighted by Crippen LogP contribution is 2.15. The van der Waals surface area contributed by atoms with Crippen molar-refractivity contribution in [2.24, 2.45) is 0 Å². The first-order valence-electron chi connectivity index (χ1n) is 8.15. The normalized spacial score (nSPS) is 13.5. The van der Waals surface area contributed by atoms with Gasteiger partial charge in [-0.2, -0.15) is 0 Å². The summed E-state index contributed by atoms with van der Waals surface area (Å²) in [6.45, 7) is 0.253. The number of hydrogen-bond acceptors (Lipinski definition) is 4. The maximum absolute atomic E-state index is 12.1. The van der Waals surface area contributed by atoms with E-state index in [1.807, 2.05) is 24.3 Å². The molecular formula is C19H19N3O4. The molecule has 1 aliphatic heterocycles. The fourth-order valence-corrected chi connectivity index (χ4v) is 2.63. The minimum absolute atomic E-state index is 0.0400. The second-order valence-electron chi connectivity index (χ2n) is 5.91. The number of nitrogens with zero attached hydrogens (tertiary/aromatic N) is 1. The average Bonchev–Trinajstić information content (AvgIpc) is 2.96. The van der Waals surface area contributed by atoms with Crippen molar-refractivity contribution in [2.75, 3.05) is 19.0 Å². The second kappa shape index (κ2) is 7.69. The maximum atomic E-state index is 12.1. The minimum Gasteiger partial charge on any atom is -0.497 e. The molecule has 0 spiro atoms. The summed E-state index contributed by atoms with van der Waals surface area (Å²) in [7, 11) is 1.59. The van der Waals surface area contributed by atoms with E-state index in [4.69, 9.17) is 4.74 Å². The summed E-state index contributed by atoms with van der Waals surface area (Å²) in [5.74, 6) is 0.374. The van der Waals surface area contributed by atoms with Crippen LogP contribution in [0.3, 0.4) is 0 Å². The molecule has 1 saturated heterocycles. The molecule has 0 saturated carbocycles. The highest BCUT2D eigenvalue weighted by atomic mass is 16.5. The van der Waals surface area contributed by atoms with E-state index in [-0.39, 0.29) is 37.4 Å². The van der Waals surface area contributed by atoms with Crippen LogP contribution in [0.2, 0.25) is 0 Å². The van der Waals surface area contributed by atoms with Crippen molar-refractivity contribution >= 4 is 23.5 Å². The molecule has 0 aliphatic carbocycles. The average molecular weight is 353 g/mol. The number of hydrogen-bond donors (Lipinski definition) is 2. The molecule has 0 bridgehead atoms. The highest BCUT2D eigenvalue weighted by molar-refractivity contribution is 6.01. The lowest BCUT2D eigenvalue weighted by molar-refractivity contribution is -0.125. The van der Waals surface area contributed by atoms with Crippen molar-refractivity contribution in [3.63, 3.8) is 0 Å². The Hall–Kier alpha value is -3.35. The van der Waals surface area contributed by atoms with Gasteiger partial charge in [0.1, 0.15) is 5.75 Å². The van der Waals surface area contributed by atoms with Gasteiger partial charge in [-0.05, 0) is 35.4 Å². The Kier molecular flexibility index (Phi) is 5.17. The smallest absolute Gasteiger partial charge is 0.324 e. The molecule has 1 fully saturated rings. The van der Waals surface area contributed by atoms with Crippen molar-refractivity contribution in [1.29, 1.82) is 0 Å². The number of amides is 4. The summed E-state index contributed by atoms with van der Waals surface area (Å²) in [5.41, 5.74) is 2.35. The molecule has 2 N–H and O–H groups in total. The lowest BCUT2D eigenvalue weighted by Crippen LogP contribution is -2.30. The zero-order valence-electron chi connectivity index (χ0n) is 14.3. The molecule has 134 valence electrons. The van der Waals surface area contributed by atoms with E-state index >= 15 is 0 Å². The molecule has 0 aromatic heterocycles. The first-order chi connectivity index (χ1) is 12.5. The van der Waals surface area contributed by atoms with Crippen molar-refractivity contribution in [3.05, 3.63) is 59.7 Å². The number of ether oxygens (including phenoxy) is 1. The molecule has 0 radical (unpaired) electrons. The van der Waals surface area contributed by atoms with Gasteiger partial charge in [0.05, 0.1) is 26.6 Å². The van der Waals surface area contributed by atoms with Crippen LogP contribution in [0.25, 0.3) is 0 Å². The SMILES string of the molecule is COc1ccc(CC(=O)Nc2ccc(CN3C(=O)CNC3=O)cc2)cc1. The summed E-state index contributed by atoms with van der Waals surface area (Å²) in [4.78, 5) is 36.4. The first-order valence-corrected chi connectivity index (χ1v) is 8.15. The van der Waals surface area contributed by atoms with Crippen molar-refractivity contribution < 1.29 is 19.1 Å². The number of carbonyl (C=O) groups is 3. The van der Waals surface area contributed by atoms with Crippen LogP contribution in [0.15, 0.2) is 48.5 Å². The number of benzene rings is 2. The number of imide groups is 1. The third kappa shape index (κ3) is 4.18. The van der Waals surface area contributed by atoms with Gasteiger partial charge in [0, 0.05) is 5.69 Å². The third-order valence-electron chi connectivity index (χ3n) is 4.04. The Labute approximate surface area is 150 Å². The number of methoxy groups -OCH3 is 1. The zero-order valence-corrected chi connectivity index (χ0v) is 14.3. The van der Waals surface area contributed by atoms with E-state index < -0.39 is 0 Å². The molecule has 7 nitrogen and oxygen atoms in total. The standard InChI is InChI=1S/C19H19N3O4/c1-26-16-8-4-13(5-9-16)10-17(23)21-15-6-2-14(3-7-15)12-22-18(24)11-20-19(22)25/h2-9H,10-12H2,1H3,(H,20,25)(H,21,23). The molecule has 0 atom stereocenters. The largest absolute Gasteiger partial charge is 0.497 e. The van der Waals surface area contributed by atoms with Crippen molar-refractivity contribution in [3.8, 4) is 5.75 Å². The lowest BCUT2D eigenvalue weighted by Gasteiger charge is -2.13. The Morgan fingerprint density at radius 3 is 2.31 bits per heavy atom. The van der Waals surface area contributed by atoms with Gasteiger partial charge in [-0.3, -0.25) is 14.5 Å². The van der Waals surface area contributed by atoms with E-state index in [1.54, 1.807) is 31.4 Å². The maximum Gasteiger partial charge on any atom is 0.324 e. The van der Waals surface area contributed by atoms with Gasteiger partial charge in [0.15, 0.2) is 0 Å². The van der Waals surface area contributed by atoms with Gasteiger partial charge >= 0.3 is 6.03 Å². The summed E-state index contributed by atoms with van der Waals surface area (Å²) >= 11 is 0. The Balaban J connectivity index is 1.55. The van der Waals surface area contributed by atoms with Crippen LogP contribution in [0.5, 0.6) is 5.75 Å². The van der Waals surface area contributed by atoms with E-state index in [1.165, 1.54) is 0 Å². The van der Waals surface area contributed by atoms with Crippen LogP contribution >= 0.6 is 0 Å². The Bertz CT molecular complexity index is 800. The molecule has 3 rings (SSSR count). The fraction of sp³-hybridized carbons (Fsp3) is 0.211. The van der Waals surface area contributed by atoms with Crippen LogP contribution in [0, 0.1) is 0 Å². The summed E-state index contributed by atoms with van der Waals surface area (Å²) in [5, 5.41) is 5.31. The molecule has 26 heavy (non-hydrogen) atoms. The molecule has 0 unspecified atom stereocenters. The van der Waals surface area contributed by atoms with E-state index in [9.17, 15) is 14.4 Å². The monoisotopic (exact) mass is 353 g/mol. The number of anilines is 1. The predicted octanol–water partition coefficient (Wildman–Crippen LogP) is 1.93. The summed E-state index contributed by atoms with van der Waals surface area (Å²) < 4.78 is 5.09. The highest BCUT2D eigenvalue weighted by Gasteiger charge is 2.28. The van der Waals surface area contributed by atoms with Gasteiger partial charge in [0.25, 0.3) is 0 Å². The molecule has 7 heteroatoms. The molecule has 2 aromatic carbocycles. The van der Waals surface area contributed by atoms with E-state index in [0.717, 1.165) is 21.8 Å². The Morgan fingerprint density at radius 2 is 1.73 bits per heavy atom. The third-order valence-corrected chi connectivity index (χ3v) is 4.04. The first kappa shape index (κ1) is 17.5. The van der Waals surface area contributed by atoms with Gasteiger partial charge in [-0.15, -0.1) is 0 Å². The van der Waals surface area contributed by atoms with Crippen molar-refractivity contribution in [2.45, 2.75) is 13.0 Å². The lowest BCUT2D eigenvalue weighted by atomic mass is 10.1. The van der Waals surface area contributed by atoms with Gasteiger partial charge in [-0.25, -0.2) is 4.79 Å². The molecule has 1 aliphatic rings. The summed E-state index contributed by atoms with van der Waals surface area (Å²) in [6, 6.07) is 14.0. The number of nitrogens with one attached hydrogen (secondary N) is 2. The molecule has 2 aromatic rings. The van der Waals surface area contributed by atoms with Gasteiger partial charge in [0.2, 0.25) is 11.8 Å². The molecule has 4 amide bonds. The van der Waals surface area contributed by atoms with Crippen LogP contribution in [-0.2, 0) is 22.6 Å². The Morgan fingerprint density at radius 1 is 1.08 bits per heavy atom. The zero-order chi connectivity index (χ0) is 18.5. The minimum atomic E-state index is -0.383. The number of carbonyl (C=O) groups excluding carboxylic acids is 3. The quantitative estimate of drug-likeness (QED) is 0.777. The number of urea groups is 1. The summed E-state index contributed by atoms with van der Waals surface area (Å²) in [6.07, 6.45) is 0.258. The molecular weight excluding hydrogens is 334 g/mol. The van der Waals surface area contributed by atoms with Crippen molar-refractivity contribution in [1.82, 2.24) is 10.2 Å². The molecule has 1 heterocycles.